The number of pyridine rings is 2. The average Bonchev–Trinajstić information content (AvgIpc) is 3.13. The number of nitriles is 1. The van der Waals surface area contributed by atoms with Gasteiger partial charge < -0.3 is 14.8 Å². The van der Waals surface area contributed by atoms with E-state index in [-0.39, 0.29) is 5.91 Å². The molecule has 128 valence electrons. The van der Waals surface area contributed by atoms with Crippen LogP contribution in [0.3, 0.4) is 0 Å². The molecule has 0 atom stereocenters. The molecule has 0 aliphatic carbocycles. The van der Waals surface area contributed by atoms with Gasteiger partial charge in [-0.05, 0) is 37.3 Å². The summed E-state index contributed by atoms with van der Waals surface area (Å²) in [5.41, 5.74) is 3.09. The van der Waals surface area contributed by atoms with Gasteiger partial charge in [0.05, 0.1) is 16.9 Å². The molecule has 0 radical (unpaired) electrons. The number of rotatable bonds is 2. The first kappa shape index (κ1) is 15.8. The van der Waals surface area contributed by atoms with Gasteiger partial charge in [0.15, 0.2) is 5.82 Å². The van der Waals surface area contributed by atoms with E-state index in [1.54, 1.807) is 36.5 Å². The minimum Gasteiger partial charge on any atom is -0.353 e. The number of hydrogen-bond acceptors (Lipinski definition) is 5. The molecule has 7 nitrogen and oxygen atoms in total. The number of carbonyl (C=O) groups is 1. The Hall–Kier alpha value is -3.66. The first-order valence-electron chi connectivity index (χ1n) is 8.25. The molecule has 3 aromatic rings. The van der Waals surface area contributed by atoms with E-state index in [1.807, 2.05) is 30.0 Å². The van der Waals surface area contributed by atoms with Gasteiger partial charge in [-0.15, -0.1) is 0 Å². The number of H-pyrrole nitrogens is 1. The van der Waals surface area contributed by atoms with E-state index in [0.29, 0.717) is 40.8 Å². The van der Waals surface area contributed by atoms with E-state index >= 15 is 0 Å². The van der Waals surface area contributed by atoms with E-state index < -0.39 is 0 Å². The van der Waals surface area contributed by atoms with Crippen LogP contribution >= 0.6 is 0 Å². The first-order valence-corrected chi connectivity index (χ1v) is 8.25. The lowest BCUT2D eigenvalue weighted by molar-refractivity contribution is 0.0994. The molecule has 0 bridgehead atoms. The largest absolute Gasteiger partial charge is 0.353 e. The van der Waals surface area contributed by atoms with Crippen LogP contribution in [0.2, 0.25) is 0 Å². The van der Waals surface area contributed by atoms with Crippen molar-refractivity contribution in [3.63, 3.8) is 0 Å². The third kappa shape index (κ3) is 2.24. The summed E-state index contributed by atoms with van der Waals surface area (Å²) in [6, 6.07) is 11.2. The fourth-order valence-electron chi connectivity index (χ4n) is 3.20. The number of aromatic nitrogens is 3. The second kappa shape index (κ2) is 6.01. The third-order valence-corrected chi connectivity index (χ3v) is 4.50. The summed E-state index contributed by atoms with van der Waals surface area (Å²) >= 11 is 0. The molecule has 4 rings (SSSR count). The van der Waals surface area contributed by atoms with Gasteiger partial charge in [-0.2, -0.15) is 5.26 Å². The van der Waals surface area contributed by atoms with Crippen molar-refractivity contribution in [3.05, 3.63) is 54.0 Å². The maximum Gasteiger partial charge on any atom is 0.261 e. The molecule has 1 amide bonds. The van der Waals surface area contributed by atoms with Crippen LogP contribution in [0.1, 0.15) is 23.0 Å². The molecule has 1 aliphatic heterocycles. The summed E-state index contributed by atoms with van der Waals surface area (Å²) in [6.07, 6.45) is 3.38. The fraction of sp³-hybridized carbons (Fsp3) is 0.158. The Morgan fingerprint density at radius 3 is 2.81 bits per heavy atom. The second-order valence-corrected chi connectivity index (χ2v) is 5.90. The van der Waals surface area contributed by atoms with Crippen LogP contribution in [0.4, 0.5) is 17.3 Å². The molecule has 0 aromatic carbocycles. The quantitative estimate of drug-likeness (QED) is 0.771. The van der Waals surface area contributed by atoms with Gasteiger partial charge in [-0.25, -0.2) is 9.97 Å². The Balaban J connectivity index is 1.96. The summed E-state index contributed by atoms with van der Waals surface area (Å²) in [6.45, 7) is 2.59. The molecule has 0 saturated heterocycles. The summed E-state index contributed by atoms with van der Waals surface area (Å²) in [4.78, 5) is 28.5. The first-order chi connectivity index (χ1) is 12.7. The molecule has 1 aliphatic rings. The van der Waals surface area contributed by atoms with E-state index in [2.05, 4.69) is 16.0 Å². The zero-order valence-corrected chi connectivity index (χ0v) is 14.4. The summed E-state index contributed by atoms with van der Waals surface area (Å²) in [5.74, 6) is 1.10. The molecule has 1 N–H and O–H groups in total. The third-order valence-electron chi connectivity index (χ3n) is 4.50. The van der Waals surface area contributed by atoms with Crippen LogP contribution < -0.4 is 9.80 Å². The lowest BCUT2D eigenvalue weighted by atomic mass is 10.1. The van der Waals surface area contributed by atoms with Gasteiger partial charge >= 0.3 is 0 Å². The van der Waals surface area contributed by atoms with Crippen LogP contribution in [0, 0.1) is 11.3 Å². The summed E-state index contributed by atoms with van der Waals surface area (Å²) < 4.78 is 0. The van der Waals surface area contributed by atoms with Crippen LogP contribution in [-0.4, -0.2) is 34.5 Å². The number of carbonyl (C=O) groups excluding carboxylic acids is 1. The molecule has 3 aromatic heterocycles. The topological polar surface area (TPSA) is 88.9 Å². The van der Waals surface area contributed by atoms with Gasteiger partial charge in [0.2, 0.25) is 0 Å². The maximum atomic E-state index is 12.9. The van der Waals surface area contributed by atoms with Crippen molar-refractivity contribution in [1.29, 1.82) is 5.26 Å². The van der Waals surface area contributed by atoms with E-state index in [9.17, 15) is 10.1 Å². The monoisotopic (exact) mass is 344 g/mol. The molecule has 0 fully saturated rings. The van der Waals surface area contributed by atoms with Crippen molar-refractivity contribution in [2.24, 2.45) is 0 Å². The predicted octanol–water partition coefficient (Wildman–Crippen LogP) is 3.09. The molecule has 0 saturated carbocycles. The van der Waals surface area contributed by atoms with Crippen molar-refractivity contribution < 1.29 is 4.79 Å². The lowest BCUT2D eigenvalue weighted by Gasteiger charge is -2.23. The Morgan fingerprint density at radius 2 is 2.04 bits per heavy atom. The number of amides is 1. The van der Waals surface area contributed by atoms with Crippen LogP contribution in [0.15, 0.2) is 42.7 Å². The zero-order valence-electron chi connectivity index (χ0n) is 14.4. The highest BCUT2D eigenvalue weighted by atomic mass is 16.2. The van der Waals surface area contributed by atoms with E-state index in [0.717, 1.165) is 5.56 Å². The second-order valence-electron chi connectivity index (χ2n) is 5.90. The molecule has 4 heterocycles. The highest BCUT2D eigenvalue weighted by Crippen LogP contribution is 2.39. The number of hydrogen-bond donors (Lipinski definition) is 1. The number of anilines is 3. The predicted molar refractivity (Wildman–Crippen MR) is 98.4 cm³/mol. The molecular weight excluding hydrogens is 328 g/mol. The maximum absolute atomic E-state index is 12.9. The summed E-state index contributed by atoms with van der Waals surface area (Å²) in [7, 11) is 1.73. The van der Waals surface area contributed by atoms with Gasteiger partial charge in [-0.1, -0.05) is 0 Å². The summed E-state index contributed by atoms with van der Waals surface area (Å²) in [5, 5.41) is 9.27. The number of nitrogens with one attached hydrogen (secondary N) is 1. The highest BCUT2D eigenvalue weighted by molar-refractivity contribution is 6.12. The van der Waals surface area contributed by atoms with Crippen LogP contribution in [-0.2, 0) is 0 Å². The Labute approximate surface area is 150 Å². The van der Waals surface area contributed by atoms with Crippen molar-refractivity contribution in [3.8, 4) is 17.3 Å². The highest BCUT2D eigenvalue weighted by Gasteiger charge is 2.30. The molecule has 0 unspecified atom stereocenters. The lowest BCUT2D eigenvalue weighted by Crippen LogP contribution is -2.25. The number of nitrogens with zero attached hydrogens (tertiary/aromatic N) is 5. The van der Waals surface area contributed by atoms with Crippen LogP contribution in [0.25, 0.3) is 11.3 Å². The standard InChI is InChI=1S/C19H16N6O/c1-3-25-17-13(5-4-9-22-17)19(26)24(2)16-7-6-14(23-18(16)25)12-8-10-21-15(12)11-20/h4-10,21H,3H2,1-2H3. The molecular formula is C19H16N6O. The van der Waals surface area contributed by atoms with Crippen LogP contribution in [0.5, 0.6) is 0 Å². The normalized spacial score (nSPS) is 13.0. The van der Waals surface area contributed by atoms with Gasteiger partial charge in [0, 0.05) is 31.5 Å². The van der Waals surface area contributed by atoms with Crippen molar-refractivity contribution >= 4 is 23.2 Å². The van der Waals surface area contributed by atoms with E-state index in [4.69, 9.17) is 4.98 Å². The van der Waals surface area contributed by atoms with Crippen molar-refractivity contribution in [1.82, 2.24) is 15.0 Å². The molecule has 0 spiro atoms. The fourth-order valence-corrected chi connectivity index (χ4v) is 3.20. The Bertz CT molecular complexity index is 1050. The Kier molecular flexibility index (Phi) is 3.66. The van der Waals surface area contributed by atoms with E-state index in [1.165, 1.54) is 0 Å². The molecule has 26 heavy (non-hydrogen) atoms. The van der Waals surface area contributed by atoms with Gasteiger partial charge in [0.1, 0.15) is 17.6 Å². The van der Waals surface area contributed by atoms with Crippen molar-refractivity contribution in [2.75, 3.05) is 23.4 Å². The van der Waals surface area contributed by atoms with Gasteiger partial charge in [-0.3, -0.25) is 4.79 Å². The molecule has 7 heteroatoms. The zero-order chi connectivity index (χ0) is 18.3. The average molecular weight is 344 g/mol. The minimum atomic E-state index is -0.126. The smallest absolute Gasteiger partial charge is 0.261 e. The number of aromatic amines is 1. The van der Waals surface area contributed by atoms with Gasteiger partial charge in [0.25, 0.3) is 5.91 Å². The SMILES string of the molecule is CCN1c2ncccc2C(=O)N(C)c2ccc(-c3cc[nH]c3C#N)nc21. The van der Waals surface area contributed by atoms with Crippen molar-refractivity contribution in [2.45, 2.75) is 6.92 Å². The Morgan fingerprint density at radius 1 is 1.19 bits per heavy atom. The minimum absolute atomic E-state index is 0.126. The number of fused-ring (bicyclic) bond motifs is 2.